The van der Waals surface area contributed by atoms with Gasteiger partial charge in [-0.15, -0.1) is 11.3 Å². The normalized spacial score (nSPS) is 15.8. The molecule has 23 heavy (non-hydrogen) atoms. The molecule has 4 rings (SSSR count). The van der Waals surface area contributed by atoms with E-state index in [4.69, 9.17) is 0 Å². The Morgan fingerprint density at radius 1 is 1.17 bits per heavy atom. The molecule has 5 heteroatoms. The molecule has 4 nitrogen and oxygen atoms in total. The van der Waals surface area contributed by atoms with Gasteiger partial charge in [0.1, 0.15) is 0 Å². The highest BCUT2D eigenvalue weighted by Crippen LogP contribution is 2.28. The lowest BCUT2D eigenvalue weighted by molar-refractivity contribution is 0.0924. The second kappa shape index (κ2) is 6.16. The van der Waals surface area contributed by atoms with E-state index in [1.807, 2.05) is 46.3 Å². The molecule has 0 bridgehead atoms. The quantitative estimate of drug-likeness (QED) is 0.787. The summed E-state index contributed by atoms with van der Waals surface area (Å²) in [5, 5.41) is 5.18. The number of nitrogens with zero attached hydrogens (tertiary/aromatic N) is 2. The number of carbonyl (C=O) groups is 1. The maximum absolute atomic E-state index is 12.8. The number of aromatic nitrogens is 2. The summed E-state index contributed by atoms with van der Waals surface area (Å²) >= 11 is 1.55. The van der Waals surface area contributed by atoms with Crippen molar-refractivity contribution in [2.75, 3.05) is 0 Å². The van der Waals surface area contributed by atoms with Crippen molar-refractivity contribution in [1.82, 2.24) is 14.7 Å². The summed E-state index contributed by atoms with van der Waals surface area (Å²) in [5.41, 5.74) is 2.44. The third-order valence-corrected chi connectivity index (χ3v) is 5.22. The maximum Gasteiger partial charge on any atom is 0.272 e. The summed E-state index contributed by atoms with van der Waals surface area (Å²) in [5.74, 6) is -0.0494. The lowest BCUT2D eigenvalue weighted by Gasteiger charge is -2.22. The SMILES string of the molecule is O=C(NC1CCCCC1)c1nc2sccn2c1-c1ccccc1. The van der Waals surface area contributed by atoms with E-state index >= 15 is 0 Å². The molecule has 2 heterocycles. The molecular weight excluding hydrogens is 306 g/mol. The van der Waals surface area contributed by atoms with Gasteiger partial charge in [0.15, 0.2) is 10.7 Å². The molecule has 1 saturated carbocycles. The molecule has 1 aromatic carbocycles. The largest absolute Gasteiger partial charge is 0.348 e. The van der Waals surface area contributed by atoms with Crippen LogP contribution in [0.25, 0.3) is 16.2 Å². The summed E-state index contributed by atoms with van der Waals surface area (Å²) in [6.45, 7) is 0. The van der Waals surface area contributed by atoms with E-state index in [9.17, 15) is 4.79 Å². The van der Waals surface area contributed by atoms with Gasteiger partial charge in [0.25, 0.3) is 5.91 Å². The average Bonchev–Trinajstić information content (AvgIpc) is 3.17. The van der Waals surface area contributed by atoms with Crippen molar-refractivity contribution < 1.29 is 4.79 Å². The van der Waals surface area contributed by atoms with Crippen molar-refractivity contribution in [2.45, 2.75) is 38.1 Å². The van der Waals surface area contributed by atoms with Crippen molar-refractivity contribution in [3.8, 4) is 11.3 Å². The molecule has 118 valence electrons. The van der Waals surface area contributed by atoms with Gasteiger partial charge in [-0.2, -0.15) is 0 Å². The Hall–Kier alpha value is -2.14. The topological polar surface area (TPSA) is 46.4 Å². The van der Waals surface area contributed by atoms with Crippen LogP contribution in [0.4, 0.5) is 0 Å². The fraction of sp³-hybridized carbons (Fsp3) is 0.333. The summed E-state index contributed by atoms with van der Waals surface area (Å²) in [6, 6.07) is 10.3. The van der Waals surface area contributed by atoms with Crippen LogP contribution in [0.2, 0.25) is 0 Å². The zero-order chi connectivity index (χ0) is 15.6. The zero-order valence-electron chi connectivity index (χ0n) is 12.9. The zero-order valence-corrected chi connectivity index (χ0v) is 13.7. The monoisotopic (exact) mass is 325 g/mol. The first kappa shape index (κ1) is 14.5. The predicted octanol–water partition coefficient (Wildman–Crippen LogP) is 4.13. The molecule has 1 N–H and O–H groups in total. The van der Waals surface area contributed by atoms with Crippen LogP contribution < -0.4 is 5.32 Å². The van der Waals surface area contributed by atoms with Gasteiger partial charge in [0, 0.05) is 23.2 Å². The fourth-order valence-corrected chi connectivity index (χ4v) is 4.03. The summed E-state index contributed by atoms with van der Waals surface area (Å²) < 4.78 is 2.01. The molecule has 1 aliphatic carbocycles. The van der Waals surface area contributed by atoms with Crippen LogP contribution in [0.1, 0.15) is 42.6 Å². The van der Waals surface area contributed by atoms with Crippen LogP contribution in [-0.4, -0.2) is 21.3 Å². The van der Waals surface area contributed by atoms with Crippen molar-refractivity contribution in [2.24, 2.45) is 0 Å². The minimum Gasteiger partial charge on any atom is -0.348 e. The van der Waals surface area contributed by atoms with E-state index in [1.165, 1.54) is 19.3 Å². The van der Waals surface area contributed by atoms with Gasteiger partial charge in [-0.1, -0.05) is 49.6 Å². The van der Waals surface area contributed by atoms with Crippen molar-refractivity contribution >= 4 is 22.2 Å². The second-order valence-electron chi connectivity index (χ2n) is 6.04. The summed E-state index contributed by atoms with van der Waals surface area (Å²) in [6.07, 6.45) is 7.82. The Balaban J connectivity index is 1.71. The van der Waals surface area contributed by atoms with Crippen LogP contribution in [0.3, 0.4) is 0 Å². The number of hydrogen-bond donors (Lipinski definition) is 1. The second-order valence-corrected chi connectivity index (χ2v) is 6.91. The number of rotatable bonds is 3. The van der Waals surface area contributed by atoms with Crippen LogP contribution in [-0.2, 0) is 0 Å². The highest BCUT2D eigenvalue weighted by molar-refractivity contribution is 7.15. The number of benzene rings is 1. The smallest absolute Gasteiger partial charge is 0.272 e. The molecule has 0 spiro atoms. The standard InChI is InChI=1S/C18H19N3OS/c22-17(19-14-9-5-2-6-10-14)15-16(13-7-3-1-4-8-13)21-11-12-23-18(21)20-15/h1,3-4,7-8,11-12,14H,2,5-6,9-10H2,(H,19,22). The summed E-state index contributed by atoms with van der Waals surface area (Å²) in [7, 11) is 0. The molecule has 0 radical (unpaired) electrons. The molecule has 0 unspecified atom stereocenters. The third-order valence-electron chi connectivity index (χ3n) is 4.46. The number of hydrogen-bond acceptors (Lipinski definition) is 3. The Kier molecular flexibility index (Phi) is 3.87. The first-order valence-electron chi connectivity index (χ1n) is 8.15. The highest BCUT2D eigenvalue weighted by atomic mass is 32.1. The molecular formula is C18H19N3OS. The Morgan fingerprint density at radius 2 is 1.96 bits per heavy atom. The first-order valence-corrected chi connectivity index (χ1v) is 9.03. The molecule has 1 fully saturated rings. The van der Waals surface area contributed by atoms with Crippen LogP contribution in [0.15, 0.2) is 41.9 Å². The number of nitrogens with one attached hydrogen (secondary N) is 1. The van der Waals surface area contributed by atoms with Gasteiger partial charge in [0.05, 0.1) is 5.69 Å². The Morgan fingerprint density at radius 3 is 2.74 bits per heavy atom. The van der Waals surface area contributed by atoms with Gasteiger partial charge in [-0.3, -0.25) is 9.20 Å². The molecule has 3 aromatic rings. The number of amides is 1. The van der Waals surface area contributed by atoms with Gasteiger partial charge < -0.3 is 5.32 Å². The van der Waals surface area contributed by atoms with E-state index in [0.717, 1.165) is 29.1 Å². The van der Waals surface area contributed by atoms with Crippen LogP contribution in [0, 0.1) is 0 Å². The van der Waals surface area contributed by atoms with E-state index in [0.29, 0.717) is 11.7 Å². The van der Waals surface area contributed by atoms with Crippen LogP contribution in [0.5, 0.6) is 0 Å². The molecule has 0 atom stereocenters. The first-order chi connectivity index (χ1) is 11.3. The molecule has 1 aliphatic rings. The highest BCUT2D eigenvalue weighted by Gasteiger charge is 2.23. The lowest BCUT2D eigenvalue weighted by atomic mass is 9.95. The van der Waals surface area contributed by atoms with E-state index in [1.54, 1.807) is 11.3 Å². The number of fused-ring (bicyclic) bond motifs is 1. The maximum atomic E-state index is 12.8. The lowest BCUT2D eigenvalue weighted by Crippen LogP contribution is -2.36. The van der Waals surface area contributed by atoms with Gasteiger partial charge in [-0.05, 0) is 12.8 Å². The van der Waals surface area contributed by atoms with E-state index in [2.05, 4.69) is 10.3 Å². The molecule has 0 saturated heterocycles. The van der Waals surface area contributed by atoms with Crippen molar-refractivity contribution in [3.05, 3.63) is 47.6 Å². The minimum atomic E-state index is -0.0494. The molecule has 2 aromatic heterocycles. The van der Waals surface area contributed by atoms with E-state index < -0.39 is 0 Å². The van der Waals surface area contributed by atoms with Gasteiger partial charge in [0.2, 0.25) is 0 Å². The molecule has 0 aliphatic heterocycles. The van der Waals surface area contributed by atoms with Crippen molar-refractivity contribution in [1.29, 1.82) is 0 Å². The Labute approximate surface area is 139 Å². The van der Waals surface area contributed by atoms with E-state index in [-0.39, 0.29) is 5.91 Å². The minimum absolute atomic E-state index is 0.0494. The number of thiazole rings is 1. The predicted molar refractivity (Wildman–Crippen MR) is 92.8 cm³/mol. The number of carbonyl (C=O) groups excluding carboxylic acids is 1. The third kappa shape index (κ3) is 2.77. The fourth-order valence-electron chi connectivity index (χ4n) is 3.32. The average molecular weight is 325 g/mol. The van der Waals surface area contributed by atoms with Crippen molar-refractivity contribution in [3.63, 3.8) is 0 Å². The van der Waals surface area contributed by atoms with Gasteiger partial charge in [-0.25, -0.2) is 4.98 Å². The Bertz CT molecular complexity index is 815. The number of imidazole rings is 1. The summed E-state index contributed by atoms with van der Waals surface area (Å²) in [4.78, 5) is 18.2. The molecule has 1 amide bonds. The van der Waals surface area contributed by atoms with Crippen LogP contribution >= 0.6 is 11.3 Å². The van der Waals surface area contributed by atoms with Gasteiger partial charge >= 0.3 is 0 Å².